The van der Waals surface area contributed by atoms with Crippen LogP contribution in [0, 0.1) is 6.92 Å². The molecule has 2 unspecified atom stereocenters. The second kappa shape index (κ2) is 10.4. The summed E-state index contributed by atoms with van der Waals surface area (Å²) in [5.41, 5.74) is 0.236. The SMILES string of the molecule is Cc1ccc(C(=O)NC(C(=O)c2nc(C3CC3)sc2-c2ccccc2)C2CCCCN2)cc1C(F)(F)F. The van der Waals surface area contributed by atoms with E-state index in [0.29, 0.717) is 24.6 Å². The molecule has 2 aliphatic rings. The van der Waals surface area contributed by atoms with Crippen LogP contribution in [0.15, 0.2) is 48.5 Å². The summed E-state index contributed by atoms with van der Waals surface area (Å²) >= 11 is 1.51. The highest BCUT2D eigenvalue weighted by atomic mass is 32.1. The zero-order chi connectivity index (χ0) is 26.2. The molecule has 5 nitrogen and oxygen atoms in total. The number of carbonyl (C=O) groups is 2. The van der Waals surface area contributed by atoms with E-state index in [0.717, 1.165) is 47.2 Å². The highest BCUT2D eigenvalue weighted by molar-refractivity contribution is 7.15. The van der Waals surface area contributed by atoms with Crippen LogP contribution < -0.4 is 10.6 Å². The molecule has 5 rings (SSSR count). The second-order valence-electron chi connectivity index (χ2n) is 9.77. The van der Waals surface area contributed by atoms with E-state index in [2.05, 4.69) is 10.6 Å². The van der Waals surface area contributed by atoms with Gasteiger partial charge in [-0.1, -0.05) is 42.8 Å². The lowest BCUT2D eigenvalue weighted by Crippen LogP contribution is -2.55. The molecule has 2 heterocycles. The molecule has 2 atom stereocenters. The van der Waals surface area contributed by atoms with Crippen molar-refractivity contribution in [1.29, 1.82) is 0 Å². The van der Waals surface area contributed by atoms with Crippen molar-refractivity contribution < 1.29 is 22.8 Å². The van der Waals surface area contributed by atoms with E-state index >= 15 is 0 Å². The van der Waals surface area contributed by atoms with Gasteiger partial charge in [-0.05, 0) is 62.4 Å². The lowest BCUT2D eigenvalue weighted by molar-refractivity contribution is -0.138. The highest BCUT2D eigenvalue weighted by Crippen LogP contribution is 2.45. The van der Waals surface area contributed by atoms with Gasteiger partial charge in [0.1, 0.15) is 11.7 Å². The number of aromatic nitrogens is 1. The van der Waals surface area contributed by atoms with E-state index in [-0.39, 0.29) is 23.0 Å². The average molecular weight is 528 g/mol. The number of hydrogen-bond acceptors (Lipinski definition) is 5. The molecule has 1 aliphatic heterocycles. The molecule has 0 bridgehead atoms. The fraction of sp³-hybridized carbons (Fsp3) is 0.393. The van der Waals surface area contributed by atoms with Crippen LogP contribution in [-0.2, 0) is 6.18 Å². The number of hydrogen-bond donors (Lipinski definition) is 2. The molecular formula is C28H28F3N3O2S. The number of halogens is 3. The summed E-state index contributed by atoms with van der Waals surface area (Å²) in [4.78, 5) is 32.8. The number of rotatable bonds is 7. The number of nitrogens with one attached hydrogen (secondary N) is 2. The van der Waals surface area contributed by atoms with Crippen molar-refractivity contribution in [2.45, 2.75) is 63.2 Å². The summed E-state index contributed by atoms with van der Waals surface area (Å²) in [6.07, 6.45) is -0.000983. The van der Waals surface area contributed by atoms with Crippen LogP contribution in [0.4, 0.5) is 13.2 Å². The molecule has 3 aromatic rings. The minimum absolute atomic E-state index is 0.0354. The number of amides is 1. The van der Waals surface area contributed by atoms with E-state index in [1.54, 1.807) is 0 Å². The fourth-order valence-corrected chi connectivity index (χ4v) is 5.99. The van der Waals surface area contributed by atoms with Gasteiger partial charge in [0.05, 0.1) is 15.4 Å². The molecule has 1 saturated heterocycles. The van der Waals surface area contributed by atoms with Crippen molar-refractivity contribution in [3.63, 3.8) is 0 Å². The maximum atomic E-state index is 14.1. The Hall–Kier alpha value is -3.04. The minimum atomic E-state index is -4.58. The van der Waals surface area contributed by atoms with Gasteiger partial charge in [-0.2, -0.15) is 13.2 Å². The molecule has 2 N–H and O–H groups in total. The summed E-state index contributed by atoms with van der Waals surface area (Å²) in [6.45, 7) is 2.05. The highest BCUT2D eigenvalue weighted by Gasteiger charge is 2.38. The number of Topliss-reactive ketones (excluding diaryl/α,β-unsaturated/α-hetero) is 1. The largest absolute Gasteiger partial charge is 0.416 e. The first kappa shape index (κ1) is 25.6. The molecular weight excluding hydrogens is 499 g/mol. The third-order valence-electron chi connectivity index (χ3n) is 6.96. The van der Waals surface area contributed by atoms with Crippen LogP contribution in [0.3, 0.4) is 0 Å². The standard InChI is InChI=1S/C28H28F3N3O2S/c1-16-10-11-19(15-20(16)28(29,30)31)26(36)33-22(21-9-5-6-14-32-21)24(35)23-25(17-7-3-2-4-8-17)37-27(34-23)18-12-13-18/h2-4,7-8,10-11,15,18,21-22,32H,5-6,9,12-14H2,1H3,(H,33,36). The van der Waals surface area contributed by atoms with Gasteiger partial charge in [0, 0.05) is 17.5 Å². The van der Waals surface area contributed by atoms with E-state index in [1.165, 1.54) is 30.4 Å². The van der Waals surface area contributed by atoms with Crippen molar-refractivity contribution in [3.05, 3.63) is 75.9 Å². The van der Waals surface area contributed by atoms with Gasteiger partial charge in [-0.25, -0.2) is 4.98 Å². The molecule has 1 aliphatic carbocycles. The Morgan fingerprint density at radius 2 is 1.84 bits per heavy atom. The third-order valence-corrected chi connectivity index (χ3v) is 8.23. The molecule has 37 heavy (non-hydrogen) atoms. The predicted octanol–water partition coefficient (Wildman–Crippen LogP) is 6.14. The van der Waals surface area contributed by atoms with Crippen molar-refractivity contribution in [2.75, 3.05) is 6.54 Å². The normalized spacial score (nSPS) is 18.9. The van der Waals surface area contributed by atoms with Crippen LogP contribution in [0.2, 0.25) is 0 Å². The molecule has 1 aromatic heterocycles. The lowest BCUT2D eigenvalue weighted by atomic mass is 9.92. The maximum absolute atomic E-state index is 14.1. The summed E-state index contributed by atoms with van der Waals surface area (Å²) < 4.78 is 40.4. The Bertz CT molecular complexity index is 1300. The number of carbonyl (C=O) groups excluding carboxylic acids is 2. The van der Waals surface area contributed by atoms with Crippen LogP contribution in [0.25, 0.3) is 10.4 Å². The molecule has 1 saturated carbocycles. The van der Waals surface area contributed by atoms with Gasteiger partial charge in [-0.3, -0.25) is 9.59 Å². The molecule has 1 amide bonds. The van der Waals surface area contributed by atoms with Gasteiger partial charge in [0.15, 0.2) is 0 Å². The van der Waals surface area contributed by atoms with Crippen LogP contribution in [0.5, 0.6) is 0 Å². The van der Waals surface area contributed by atoms with E-state index in [1.807, 2.05) is 30.3 Å². The Morgan fingerprint density at radius 3 is 2.49 bits per heavy atom. The topological polar surface area (TPSA) is 71.1 Å². The van der Waals surface area contributed by atoms with Crippen molar-refractivity contribution in [1.82, 2.24) is 15.6 Å². The summed E-state index contributed by atoms with van der Waals surface area (Å²) in [5, 5.41) is 7.03. The lowest BCUT2D eigenvalue weighted by Gasteiger charge is -2.31. The Morgan fingerprint density at radius 1 is 1.08 bits per heavy atom. The first-order valence-corrected chi connectivity index (χ1v) is 13.4. The zero-order valence-corrected chi connectivity index (χ0v) is 21.2. The molecule has 194 valence electrons. The molecule has 9 heteroatoms. The van der Waals surface area contributed by atoms with Crippen LogP contribution >= 0.6 is 11.3 Å². The molecule has 2 aromatic carbocycles. The van der Waals surface area contributed by atoms with Gasteiger partial charge >= 0.3 is 6.18 Å². The fourth-order valence-electron chi connectivity index (χ4n) is 4.75. The number of benzene rings is 2. The van der Waals surface area contributed by atoms with Gasteiger partial charge in [0.25, 0.3) is 5.91 Å². The zero-order valence-electron chi connectivity index (χ0n) is 20.4. The first-order valence-electron chi connectivity index (χ1n) is 12.5. The number of thiazole rings is 1. The van der Waals surface area contributed by atoms with Crippen molar-refractivity contribution >= 4 is 23.0 Å². The second-order valence-corrected chi connectivity index (χ2v) is 10.8. The van der Waals surface area contributed by atoms with Gasteiger partial charge in [-0.15, -0.1) is 11.3 Å². The summed E-state index contributed by atoms with van der Waals surface area (Å²) in [7, 11) is 0. The minimum Gasteiger partial charge on any atom is -0.340 e. The van der Waals surface area contributed by atoms with Crippen LogP contribution in [-0.4, -0.2) is 35.3 Å². The Kier molecular flexibility index (Phi) is 7.18. The number of piperidine rings is 1. The van der Waals surface area contributed by atoms with E-state index in [9.17, 15) is 22.8 Å². The predicted molar refractivity (Wildman–Crippen MR) is 137 cm³/mol. The third kappa shape index (κ3) is 5.62. The summed E-state index contributed by atoms with van der Waals surface area (Å²) in [5.74, 6) is -0.684. The van der Waals surface area contributed by atoms with Crippen molar-refractivity contribution in [3.8, 4) is 10.4 Å². The number of alkyl halides is 3. The maximum Gasteiger partial charge on any atom is 0.416 e. The van der Waals surface area contributed by atoms with Gasteiger partial charge < -0.3 is 10.6 Å². The molecule has 0 spiro atoms. The van der Waals surface area contributed by atoms with Crippen molar-refractivity contribution in [2.24, 2.45) is 0 Å². The van der Waals surface area contributed by atoms with Crippen LogP contribution in [0.1, 0.15) is 75.0 Å². The quantitative estimate of drug-likeness (QED) is 0.362. The number of aryl methyl sites for hydroxylation is 1. The number of ketones is 1. The Balaban J connectivity index is 1.49. The molecule has 2 fully saturated rings. The van der Waals surface area contributed by atoms with E-state index in [4.69, 9.17) is 4.98 Å². The Labute approximate surface area is 217 Å². The van der Waals surface area contributed by atoms with E-state index < -0.39 is 23.7 Å². The number of nitrogens with zero attached hydrogens (tertiary/aromatic N) is 1. The average Bonchev–Trinajstić information content (AvgIpc) is 3.65. The van der Waals surface area contributed by atoms with Gasteiger partial charge in [0.2, 0.25) is 5.78 Å². The summed E-state index contributed by atoms with van der Waals surface area (Å²) in [6, 6.07) is 11.8. The molecule has 0 radical (unpaired) electrons. The monoisotopic (exact) mass is 527 g/mol. The smallest absolute Gasteiger partial charge is 0.340 e. The first-order chi connectivity index (χ1) is 17.7.